The molecule has 0 unspecified atom stereocenters. The van der Waals surface area contributed by atoms with Gasteiger partial charge in [-0.1, -0.05) is 0 Å². The Kier molecular flexibility index (Phi) is 4.94. The second-order valence-electron chi connectivity index (χ2n) is 12.6. The zero-order valence-corrected chi connectivity index (χ0v) is 22.6. The summed E-state index contributed by atoms with van der Waals surface area (Å²) < 4.78 is 42.5. The van der Waals surface area contributed by atoms with Crippen molar-refractivity contribution in [2.75, 3.05) is 20.8 Å². The van der Waals surface area contributed by atoms with Gasteiger partial charge in [0, 0.05) is 58.7 Å². The Balaban J connectivity index is 1.53. The molecule has 8 rings (SSSR count). The number of hydrogen-bond acceptors (Lipinski definition) is 12. The minimum atomic E-state index is -1.81. The predicted molar refractivity (Wildman–Crippen MR) is 124 cm³/mol. The fraction of sp³-hybridized carbons (Fsp3) is 0.852. The molecule has 12 heteroatoms. The maximum absolute atomic E-state index is 13.7. The fourth-order valence-electron chi connectivity index (χ4n) is 11.1. The van der Waals surface area contributed by atoms with Gasteiger partial charge in [-0.15, -0.1) is 0 Å². The van der Waals surface area contributed by atoms with Crippen LogP contribution in [-0.2, 0) is 52.3 Å². The lowest BCUT2D eigenvalue weighted by molar-refractivity contribution is -0.431. The minimum absolute atomic E-state index is 0.0183. The molecular weight excluding hydrogens is 516 g/mol. The summed E-state index contributed by atoms with van der Waals surface area (Å²) in [5, 5.41) is 12.7. The molecule has 3 saturated heterocycles. The molecule has 1 N–H and O–H groups in total. The second-order valence-corrected chi connectivity index (χ2v) is 12.6. The summed E-state index contributed by atoms with van der Waals surface area (Å²) in [6.07, 6.45) is -2.21. The van der Waals surface area contributed by atoms with E-state index in [1.54, 1.807) is 0 Å². The van der Waals surface area contributed by atoms with E-state index in [-0.39, 0.29) is 19.4 Å². The number of hydrogen-bond donors (Lipinski definition) is 1. The van der Waals surface area contributed by atoms with Gasteiger partial charge >= 0.3 is 23.9 Å². The van der Waals surface area contributed by atoms with Crippen LogP contribution in [0.2, 0.25) is 0 Å². The highest BCUT2D eigenvalue weighted by molar-refractivity contribution is 5.83. The summed E-state index contributed by atoms with van der Waals surface area (Å²) in [7, 11) is 2.97. The van der Waals surface area contributed by atoms with Crippen molar-refractivity contribution in [2.24, 2.45) is 34.5 Å². The monoisotopic (exact) mass is 550 g/mol. The average Bonchev–Trinajstić information content (AvgIpc) is 3.32. The summed E-state index contributed by atoms with van der Waals surface area (Å²) in [4.78, 5) is 51.6. The van der Waals surface area contributed by atoms with Crippen molar-refractivity contribution >= 4 is 23.9 Å². The van der Waals surface area contributed by atoms with Gasteiger partial charge in [-0.3, -0.25) is 19.2 Å². The third-order valence-electron chi connectivity index (χ3n) is 11.4. The number of fused-ring (bicyclic) bond motifs is 4. The Morgan fingerprint density at radius 1 is 1.00 bits per heavy atom. The molecule has 1 spiro atoms. The van der Waals surface area contributed by atoms with E-state index in [1.165, 1.54) is 35.0 Å². The maximum Gasteiger partial charge on any atom is 0.317 e. The Labute approximate surface area is 224 Å². The highest BCUT2D eigenvalue weighted by atomic mass is 16.7. The first-order valence-electron chi connectivity index (χ1n) is 13.6. The standard InChI is InChI=1S/C27H34O12/c1-11(28)35-21-17-14-8-25(21,37-12(2)29)16(34-5)9-26(17,38-13(3)30)20-18-19-23(10-33-4,22(31)36-18)15-6-7-24(14,19)27(20,32)39-15/h14-21,32H,6-10H2,1-5H3/t14-,15-,16+,17-,18-,19-,20+,21-,23-,24-,25+,26-,27+/m1/s1. The van der Waals surface area contributed by atoms with Crippen LogP contribution in [0.1, 0.15) is 46.5 Å². The lowest BCUT2D eigenvalue weighted by Gasteiger charge is -2.69. The number of esters is 4. The van der Waals surface area contributed by atoms with Gasteiger partial charge in [-0.05, 0) is 25.2 Å². The molecular formula is C27H34O12. The molecule has 39 heavy (non-hydrogen) atoms. The zero-order valence-electron chi connectivity index (χ0n) is 22.6. The van der Waals surface area contributed by atoms with Gasteiger partial charge in [0.2, 0.25) is 0 Å². The first-order valence-corrected chi connectivity index (χ1v) is 13.6. The van der Waals surface area contributed by atoms with Crippen molar-refractivity contribution in [1.29, 1.82) is 0 Å². The van der Waals surface area contributed by atoms with E-state index >= 15 is 0 Å². The lowest BCUT2D eigenvalue weighted by Crippen LogP contribution is -2.79. The van der Waals surface area contributed by atoms with E-state index in [2.05, 4.69) is 0 Å². The number of carbonyl (C=O) groups excluding carboxylic acids is 4. The summed E-state index contributed by atoms with van der Waals surface area (Å²) in [6, 6.07) is 0. The number of methoxy groups -OCH3 is 2. The third kappa shape index (κ3) is 2.49. The molecule has 13 atom stereocenters. The number of ether oxygens (including phenoxy) is 7. The summed E-state index contributed by atoms with van der Waals surface area (Å²) in [5.41, 5.74) is -5.10. The minimum Gasteiger partial charge on any atom is -0.461 e. The smallest absolute Gasteiger partial charge is 0.317 e. The number of rotatable bonds is 6. The van der Waals surface area contributed by atoms with Gasteiger partial charge in [-0.25, -0.2) is 0 Å². The van der Waals surface area contributed by atoms with Crippen molar-refractivity contribution in [3.63, 3.8) is 0 Å². The topological polar surface area (TPSA) is 153 Å². The highest BCUT2D eigenvalue weighted by Gasteiger charge is 2.97. The molecule has 0 aromatic rings. The number of carbonyl (C=O) groups is 4. The third-order valence-corrected chi connectivity index (χ3v) is 11.4. The molecule has 5 aliphatic carbocycles. The molecule has 3 aliphatic heterocycles. The van der Waals surface area contributed by atoms with Gasteiger partial charge in [-0.2, -0.15) is 0 Å². The van der Waals surface area contributed by atoms with Crippen LogP contribution in [0.15, 0.2) is 0 Å². The van der Waals surface area contributed by atoms with E-state index in [4.69, 9.17) is 33.2 Å². The molecule has 214 valence electrons. The molecule has 0 amide bonds. The van der Waals surface area contributed by atoms with E-state index < -0.39 is 99.8 Å². The molecule has 5 saturated carbocycles. The van der Waals surface area contributed by atoms with Crippen molar-refractivity contribution < 1.29 is 57.4 Å². The molecule has 0 aromatic heterocycles. The lowest BCUT2D eigenvalue weighted by atomic mass is 9.43. The predicted octanol–water partition coefficient (Wildman–Crippen LogP) is 0.262. The Bertz CT molecular complexity index is 1190. The van der Waals surface area contributed by atoms with Crippen LogP contribution in [0.4, 0.5) is 0 Å². The van der Waals surface area contributed by atoms with E-state index in [0.717, 1.165) is 0 Å². The van der Waals surface area contributed by atoms with E-state index in [0.29, 0.717) is 12.8 Å². The van der Waals surface area contributed by atoms with E-state index in [9.17, 15) is 24.3 Å². The van der Waals surface area contributed by atoms with Gasteiger partial charge < -0.3 is 38.3 Å². The first-order chi connectivity index (χ1) is 18.4. The molecule has 8 aliphatic rings. The quantitative estimate of drug-likeness (QED) is 0.357. The Morgan fingerprint density at radius 2 is 1.69 bits per heavy atom. The van der Waals surface area contributed by atoms with Crippen LogP contribution in [0.3, 0.4) is 0 Å². The Hall–Kier alpha value is -2.28. The summed E-state index contributed by atoms with van der Waals surface area (Å²) in [6.45, 7) is 3.87. The van der Waals surface area contributed by atoms with Crippen LogP contribution >= 0.6 is 0 Å². The second kappa shape index (κ2) is 7.51. The van der Waals surface area contributed by atoms with Crippen molar-refractivity contribution in [3.05, 3.63) is 0 Å². The van der Waals surface area contributed by atoms with Gasteiger partial charge in [0.1, 0.15) is 23.2 Å². The molecule has 8 fully saturated rings. The van der Waals surface area contributed by atoms with Gasteiger partial charge in [0.25, 0.3) is 0 Å². The van der Waals surface area contributed by atoms with Crippen molar-refractivity contribution in [3.8, 4) is 0 Å². The summed E-state index contributed by atoms with van der Waals surface area (Å²) >= 11 is 0. The van der Waals surface area contributed by atoms with Crippen LogP contribution in [-0.4, -0.2) is 91.2 Å². The molecule has 0 aromatic carbocycles. The maximum atomic E-state index is 13.7. The Morgan fingerprint density at radius 3 is 2.31 bits per heavy atom. The fourth-order valence-corrected chi connectivity index (χ4v) is 11.1. The first kappa shape index (κ1) is 25.7. The normalized spacial score (nSPS) is 54.8. The van der Waals surface area contributed by atoms with Crippen LogP contribution in [0.25, 0.3) is 0 Å². The summed E-state index contributed by atoms with van der Waals surface area (Å²) in [5.74, 6) is -6.75. The molecule has 0 radical (unpaired) electrons. The van der Waals surface area contributed by atoms with E-state index in [1.807, 2.05) is 0 Å². The van der Waals surface area contributed by atoms with Gasteiger partial charge in [0.15, 0.2) is 17.5 Å². The molecule has 7 bridgehead atoms. The van der Waals surface area contributed by atoms with Crippen LogP contribution < -0.4 is 0 Å². The zero-order chi connectivity index (χ0) is 27.9. The van der Waals surface area contributed by atoms with Crippen LogP contribution in [0.5, 0.6) is 0 Å². The SMILES string of the molecule is COC[C@]12C(=O)O[C@@H]3[C@H]1[C@]14CC[C@H]2O[C@@]1(O)[C@@H]3[C@@]1(OC(C)=O)C[C@H](OC)[C@@]2(OC(C)=O)C[C@@H]4[C@@H]1[C@H]2OC(C)=O. The largest absolute Gasteiger partial charge is 0.461 e. The van der Waals surface area contributed by atoms with Crippen LogP contribution in [0, 0.1) is 34.5 Å². The average molecular weight is 551 g/mol. The van der Waals surface area contributed by atoms with Crippen molar-refractivity contribution in [2.45, 2.75) is 87.9 Å². The van der Waals surface area contributed by atoms with Crippen molar-refractivity contribution in [1.82, 2.24) is 0 Å². The molecule has 12 nitrogen and oxygen atoms in total. The number of aliphatic hydroxyl groups is 1. The highest BCUT2D eigenvalue weighted by Crippen LogP contribution is 2.85. The van der Waals surface area contributed by atoms with Gasteiger partial charge in [0.05, 0.1) is 18.6 Å². The molecule has 3 heterocycles.